The molecule has 0 radical (unpaired) electrons. The Bertz CT molecular complexity index is 443. The van der Waals surface area contributed by atoms with E-state index in [9.17, 15) is 5.11 Å². The molecular formula is C12H14N2O. The lowest BCUT2D eigenvalue weighted by Crippen LogP contribution is -1.91. The molecule has 0 atom stereocenters. The molecule has 1 heterocycles. The molecule has 15 heavy (non-hydrogen) atoms. The number of imidazole rings is 1. The van der Waals surface area contributed by atoms with Gasteiger partial charge in [0.15, 0.2) is 0 Å². The van der Waals surface area contributed by atoms with Crippen LogP contribution in [0.4, 0.5) is 0 Å². The van der Waals surface area contributed by atoms with Gasteiger partial charge >= 0.3 is 0 Å². The summed E-state index contributed by atoms with van der Waals surface area (Å²) >= 11 is 0. The number of phenolic OH excluding ortho intramolecular Hbond substituents is 1. The number of aromatic hydroxyl groups is 1. The van der Waals surface area contributed by atoms with Crippen molar-refractivity contribution in [3.05, 3.63) is 36.3 Å². The van der Waals surface area contributed by atoms with Crippen LogP contribution in [0.3, 0.4) is 0 Å². The van der Waals surface area contributed by atoms with Crippen molar-refractivity contribution in [2.24, 2.45) is 0 Å². The van der Waals surface area contributed by atoms with E-state index in [2.05, 4.69) is 23.8 Å². The van der Waals surface area contributed by atoms with Gasteiger partial charge in [-0.15, -0.1) is 0 Å². The molecule has 0 saturated carbocycles. The third-order valence-corrected chi connectivity index (χ3v) is 2.39. The molecule has 0 unspecified atom stereocenters. The van der Waals surface area contributed by atoms with Gasteiger partial charge in [-0.2, -0.15) is 0 Å². The molecule has 1 aromatic heterocycles. The number of benzene rings is 1. The quantitative estimate of drug-likeness (QED) is 0.786. The summed E-state index contributed by atoms with van der Waals surface area (Å²) in [6.45, 7) is 4.24. The summed E-state index contributed by atoms with van der Waals surface area (Å²) in [4.78, 5) is 7.44. The van der Waals surface area contributed by atoms with Crippen molar-refractivity contribution in [3.8, 4) is 17.0 Å². The third kappa shape index (κ3) is 1.86. The zero-order chi connectivity index (χ0) is 10.8. The lowest BCUT2D eigenvalue weighted by atomic mass is 10.0. The molecule has 2 N–H and O–H groups in total. The summed E-state index contributed by atoms with van der Waals surface area (Å²) in [7, 11) is 0. The lowest BCUT2D eigenvalue weighted by Gasteiger charge is -2.05. The molecule has 0 aliphatic carbocycles. The summed E-state index contributed by atoms with van der Waals surface area (Å²) in [6, 6.07) is 7.09. The number of phenols is 1. The predicted molar refractivity (Wildman–Crippen MR) is 59.8 cm³/mol. The molecule has 3 nitrogen and oxygen atoms in total. The number of nitrogens with zero attached hydrogens (tertiary/aromatic N) is 1. The van der Waals surface area contributed by atoms with Gasteiger partial charge in [-0.3, -0.25) is 0 Å². The molecule has 0 aliphatic heterocycles. The van der Waals surface area contributed by atoms with E-state index in [0.29, 0.717) is 5.92 Å². The van der Waals surface area contributed by atoms with E-state index in [0.717, 1.165) is 17.0 Å². The molecule has 0 bridgehead atoms. The van der Waals surface area contributed by atoms with E-state index in [1.807, 2.05) is 12.1 Å². The first kappa shape index (κ1) is 9.77. The average molecular weight is 202 g/mol. The molecule has 0 fully saturated rings. The Labute approximate surface area is 88.8 Å². The van der Waals surface area contributed by atoms with Crippen LogP contribution >= 0.6 is 0 Å². The van der Waals surface area contributed by atoms with E-state index in [1.165, 1.54) is 0 Å². The first-order valence-electron chi connectivity index (χ1n) is 5.01. The van der Waals surface area contributed by atoms with Gasteiger partial charge in [-0.25, -0.2) is 4.98 Å². The fourth-order valence-corrected chi connectivity index (χ4v) is 1.59. The van der Waals surface area contributed by atoms with Crippen molar-refractivity contribution in [3.63, 3.8) is 0 Å². The van der Waals surface area contributed by atoms with Crippen molar-refractivity contribution < 1.29 is 5.11 Å². The Balaban J connectivity index is 2.45. The molecular weight excluding hydrogens is 188 g/mol. The van der Waals surface area contributed by atoms with Crippen molar-refractivity contribution in [2.75, 3.05) is 0 Å². The van der Waals surface area contributed by atoms with Crippen LogP contribution in [0.25, 0.3) is 11.3 Å². The zero-order valence-corrected chi connectivity index (χ0v) is 8.86. The van der Waals surface area contributed by atoms with Crippen LogP contribution in [0.5, 0.6) is 5.75 Å². The Morgan fingerprint density at radius 2 is 1.87 bits per heavy atom. The van der Waals surface area contributed by atoms with Crippen LogP contribution in [-0.4, -0.2) is 15.1 Å². The van der Waals surface area contributed by atoms with Gasteiger partial charge in [0, 0.05) is 11.3 Å². The van der Waals surface area contributed by atoms with E-state index in [-0.39, 0.29) is 5.75 Å². The number of aromatic amines is 1. The highest BCUT2D eigenvalue weighted by Gasteiger charge is 2.10. The van der Waals surface area contributed by atoms with Gasteiger partial charge in [-0.05, 0) is 30.2 Å². The Morgan fingerprint density at radius 3 is 2.47 bits per heavy atom. The summed E-state index contributed by atoms with van der Waals surface area (Å²) in [5, 5.41) is 9.20. The minimum Gasteiger partial charge on any atom is -0.508 e. The minimum atomic E-state index is 0.278. The van der Waals surface area contributed by atoms with E-state index in [4.69, 9.17) is 0 Å². The van der Waals surface area contributed by atoms with Crippen LogP contribution in [0.2, 0.25) is 0 Å². The van der Waals surface area contributed by atoms with E-state index >= 15 is 0 Å². The highest BCUT2D eigenvalue weighted by atomic mass is 16.3. The van der Waals surface area contributed by atoms with E-state index in [1.54, 1.807) is 18.5 Å². The first-order chi connectivity index (χ1) is 7.18. The Hall–Kier alpha value is -1.77. The predicted octanol–water partition coefficient (Wildman–Crippen LogP) is 2.91. The fraction of sp³-hybridized carbons (Fsp3) is 0.250. The Kier molecular flexibility index (Phi) is 2.46. The van der Waals surface area contributed by atoms with Crippen LogP contribution in [0.1, 0.15) is 25.5 Å². The number of H-pyrrole nitrogens is 1. The van der Waals surface area contributed by atoms with Crippen LogP contribution in [0, 0.1) is 0 Å². The van der Waals surface area contributed by atoms with Gasteiger partial charge in [0.2, 0.25) is 0 Å². The topological polar surface area (TPSA) is 48.9 Å². The monoisotopic (exact) mass is 202 g/mol. The van der Waals surface area contributed by atoms with Crippen LogP contribution < -0.4 is 0 Å². The molecule has 2 aromatic rings. The summed E-state index contributed by atoms with van der Waals surface area (Å²) in [6.07, 6.45) is 1.71. The second-order valence-corrected chi connectivity index (χ2v) is 3.87. The van der Waals surface area contributed by atoms with Gasteiger partial charge < -0.3 is 10.1 Å². The molecule has 1 aromatic carbocycles. The van der Waals surface area contributed by atoms with Crippen molar-refractivity contribution >= 4 is 0 Å². The van der Waals surface area contributed by atoms with Crippen molar-refractivity contribution in [2.45, 2.75) is 19.8 Å². The maximum atomic E-state index is 9.20. The molecule has 0 saturated heterocycles. The highest BCUT2D eigenvalue weighted by Crippen LogP contribution is 2.26. The molecule has 2 rings (SSSR count). The summed E-state index contributed by atoms with van der Waals surface area (Å²) < 4.78 is 0. The summed E-state index contributed by atoms with van der Waals surface area (Å²) in [5.74, 6) is 0.691. The highest BCUT2D eigenvalue weighted by molar-refractivity contribution is 5.63. The van der Waals surface area contributed by atoms with Crippen molar-refractivity contribution in [1.29, 1.82) is 0 Å². The largest absolute Gasteiger partial charge is 0.508 e. The number of aromatic nitrogens is 2. The van der Waals surface area contributed by atoms with Gasteiger partial charge in [0.25, 0.3) is 0 Å². The normalized spacial score (nSPS) is 10.9. The summed E-state index contributed by atoms with van der Waals surface area (Å²) in [5.41, 5.74) is 3.11. The van der Waals surface area contributed by atoms with Gasteiger partial charge in [0.05, 0.1) is 12.0 Å². The zero-order valence-electron chi connectivity index (χ0n) is 8.86. The maximum Gasteiger partial charge on any atom is 0.115 e. The Morgan fingerprint density at radius 1 is 1.20 bits per heavy atom. The second kappa shape index (κ2) is 3.77. The molecule has 0 spiro atoms. The number of nitrogens with one attached hydrogen (secondary N) is 1. The number of hydrogen-bond acceptors (Lipinski definition) is 2. The SMILES string of the molecule is CC(C)c1[nH]cnc1-c1ccc(O)cc1. The third-order valence-electron chi connectivity index (χ3n) is 2.39. The number of rotatable bonds is 2. The van der Waals surface area contributed by atoms with E-state index < -0.39 is 0 Å². The van der Waals surface area contributed by atoms with Crippen molar-refractivity contribution in [1.82, 2.24) is 9.97 Å². The smallest absolute Gasteiger partial charge is 0.115 e. The molecule has 3 heteroatoms. The van der Waals surface area contributed by atoms with Gasteiger partial charge in [-0.1, -0.05) is 13.8 Å². The lowest BCUT2D eigenvalue weighted by molar-refractivity contribution is 0.475. The maximum absolute atomic E-state index is 9.20. The van der Waals surface area contributed by atoms with Crippen LogP contribution in [-0.2, 0) is 0 Å². The molecule has 78 valence electrons. The standard InChI is InChI=1S/C12H14N2O/c1-8(2)11-12(14-7-13-11)9-3-5-10(15)6-4-9/h3-8,15H,1-2H3,(H,13,14). The average Bonchev–Trinajstić information content (AvgIpc) is 2.67. The second-order valence-electron chi connectivity index (χ2n) is 3.87. The molecule has 0 aliphatic rings. The molecule has 0 amide bonds. The number of hydrogen-bond donors (Lipinski definition) is 2. The van der Waals surface area contributed by atoms with Gasteiger partial charge in [0.1, 0.15) is 5.75 Å². The minimum absolute atomic E-state index is 0.278. The van der Waals surface area contributed by atoms with Crippen LogP contribution in [0.15, 0.2) is 30.6 Å². The fourth-order valence-electron chi connectivity index (χ4n) is 1.59. The first-order valence-corrected chi connectivity index (χ1v) is 5.01.